The quantitative estimate of drug-likeness (QED) is 0.533. The van der Waals surface area contributed by atoms with Crippen molar-refractivity contribution in [2.75, 3.05) is 18.5 Å². The number of hydrogen-bond acceptors (Lipinski definition) is 4. The van der Waals surface area contributed by atoms with Crippen LogP contribution in [0.4, 0.5) is 10.5 Å². The van der Waals surface area contributed by atoms with Gasteiger partial charge in [0.25, 0.3) is 0 Å². The zero-order valence-corrected chi connectivity index (χ0v) is 19.4. The number of allylic oxidation sites excluding steroid dienone is 1. The lowest BCUT2D eigenvalue weighted by molar-refractivity contribution is -0.139. The molecule has 174 valence electrons. The summed E-state index contributed by atoms with van der Waals surface area (Å²) in [5.41, 5.74) is 2.41. The molecule has 3 amide bonds. The highest BCUT2D eigenvalue weighted by atomic mass is 16.5. The highest BCUT2D eigenvalue weighted by Gasteiger charge is 2.36. The van der Waals surface area contributed by atoms with Crippen LogP contribution >= 0.6 is 0 Å². The number of amides is 3. The Hall–Kier alpha value is -2.83. The summed E-state index contributed by atoms with van der Waals surface area (Å²) in [6.07, 6.45) is 7.19. The third kappa shape index (κ3) is 5.69. The van der Waals surface area contributed by atoms with E-state index in [-0.39, 0.29) is 18.5 Å². The average molecular weight is 442 g/mol. The highest BCUT2D eigenvalue weighted by Crippen LogP contribution is 2.33. The van der Waals surface area contributed by atoms with Gasteiger partial charge in [-0.15, -0.1) is 0 Å². The number of carbonyl (C=O) groups excluding carboxylic acids is 3. The van der Waals surface area contributed by atoms with Gasteiger partial charge in [0.15, 0.2) is 0 Å². The Balaban J connectivity index is 1.79. The second-order valence-corrected chi connectivity index (χ2v) is 8.62. The Labute approximate surface area is 190 Å². The maximum Gasteiger partial charge on any atom is 0.338 e. The molecule has 1 fully saturated rings. The summed E-state index contributed by atoms with van der Waals surface area (Å²) in [6, 6.07) is 6.44. The number of ether oxygens (including phenoxy) is 1. The summed E-state index contributed by atoms with van der Waals surface area (Å²) in [7, 11) is 0. The van der Waals surface area contributed by atoms with Crippen molar-refractivity contribution in [2.45, 2.75) is 71.8 Å². The number of benzene rings is 1. The molecule has 0 bridgehead atoms. The van der Waals surface area contributed by atoms with Crippen molar-refractivity contribution < 1.29 is 19.1 Å². The van der Waals surface area contributed by atoms with E-state index in [0.717, 1.165) is 18.4 Å². The number of nitrogens with one attached hydrogen (secondary N) is 2. The van der Waals surface area contributed by atoms with Gasteiger partial charge in [0.2, 0.25) is 5.91 Å². The molecule has 1 saturated carbocycles. The van der Waals surface area contributed by atoms with Gasteiger partial charge in [0.1, 0.15) is 0 Å². The van der Waals surface area contributed by atoms with E-state index in [1.165, 1.54) is 25.7 Å². The number of hydrogen-bond donors (Lipinski definition) is 2. The topological polar surface area (TPSA) is 87.7 Å². The van der Waals surface area contributed by atoms with Crippen molar-refractivity contribution in [3.63, 3.8) is 0 Å². The second-order valence-electron chi connectivity index (χ2n) is 8.62. The SMILES string of the molecule is CCCN1C(=O)NC(c2cccc(NC(=O)CCC3CCCC3)c2)C(C(=O)OCC)=C1C. The van der Waals surface area contributed by atoms with E-state index >= 15 is 0 Å². The molecule has 7 nitrogen and oxygen atoms in total. The lowest BCUT2D eigenvalue weighted by Crippen LogP contribution is -2.48. The van der Waals surface area contributed by atoms with Gasteiger partial charge in [-0.1, -0.05) is 44.7 Å². The van der Waals surface area contributed by atoms with Crippen LogP contribution in [-0.4, -0.2) is 36.0 Å². The molecule has 1 heterocycles. The van der Waals surface area contributed by atoms with Gasteiger partial charge in [0.05, 0.1) is 18.2 Å². The van der Waals surface area contributed by atoms with Crippen LogP contribution in [0.25, 0.3) is 0 Å². The van der Waals surface area contributed by atoms with Gasteiger partial charge >= 0.3 is 12.0 Å². The van der Waals surface area contributed by atoms with Gasteiger partial charge < -0.3 is 15.4 Å². The Morgan fingerprint density at radius 3 is 2.66 bits per heavy atom. The minimum atomic E-state index is -0.634. The minimum absolute atomic E-state index is 0.00631. The first-order chi connectivity index (χ1) is 15.4. The molecular formula is C25H35N3O4. The predicted octanol–water partition coefficient (Wildman–Crippen LogP) is 4.91. The zero-order chi connectivity index (χ0) is 23.1. The number of nitrogens with zero attached hydrogens (tertiary/aromatic N) is 1. The van der Waals surface area contributed by atoms with Crippen molar-refractivity contribution in [2.24, 2.45) is 5.92 Å². The van der Waals surface area contributed by atoms with Gasteiger partial charge in [-0.2, -0.15) is 0 Å². The molecule has 2 N–H and O–H groups in total. The summed E-state index contributed by atoms with van der Waals surface area (Å²) < 4.78 is 5.30. The number of esters is 1. The third-order valence-corrected chi connectivity index (χ3v) is 6.30. The van der Waals surface area contributed by atoms with Crippen LogP contribution < -0.4 is 10.6 Å². The third-order valence-electron chi connectivity index (χ3n) is 6.30. The zero-order valence-electron chi connectivity index (χ0n) is 19.4. The summed E-state index contributed by atoms with van der Waals surface area (Å²) in [4.78, 5) is 39.6. The lowest BCUT2D eigenvalue weighted by Gasteiger charge is -2.35. The Bertz CT molecular complexity index is 874. The molecular weight excluding hydrogens is 406 g/mol. The summed E-state index contributed by atoms with van der Waals surface area (Å²) in [5.74, 6) is 0.214. The van der Waals surface area contributed by atoms with Crippen LogP contribution in [0.5, 0.6) is 0 Å². The predicted molar refractivity (Wildman–Crippen MR) is 124 cm³/mol. The van der Waals surface area contributed by atoms with Crippen molar-refractivity contribution in [1.82, 2.24) is 10.2 Å². The van der Waals surface area contributed by atoms with Gasteiger partial charge in [-0.3, -0.25) is 9.69 Å². The number of carbonyl (C=O) groups is 3. The molecule has 0 radical (unpaired) electrons. The van der Waals surface area contributed by atoms with Crippen LogP contribution in [0.2, 0.25) is 0 Å². The van der Waals surface area contributed by atoms with E-state index < -0.39 is 12.0 Å². The molecule has 1 aromatic rings. The fourth-order valence-corrected chi connectivity index (χ4v) is 4.65. The number of rotatable bonds is 9. The highest BCUT2D eigenvalue weighted by molar-refractivity contribution is 5.95. The van der Waals surface area contributed by atoms with E-state index in [2.05, 4.69) is 10.6 Å². The van der Waals surface area contributed by atoms with Crippen molar-refractivity contribution in [1.29, 1.82) is 0 Å². The molecule has 1 aliphatic heterocycles. The minimum Gasteiger partial charge on any atom is -0.463 e. The maximum atomic E-state index is 12.8. The van der Waals surface area contributed by atoms with Crippen molar-refractivity contribution in [3.05, 3.63) is 41.1 Å². The van der Waals surface area contributed by atoms with E-state index in [1.54, 1.807) is 18.7 Å². The molecule has 1 aromatic carbocycles. The molecule has 1 unspecified atom stereocenters. The molecule has 1 aliphatic carbocycles. The van der Waals surface area contributed by atoms with Gasteiger partial charge in [-0.25, -0.2) is 9.59 Å². The molecule has 0 saturated heterocycles. The van der Waals surface area contributed by atoms with Crippen LogP contribution in [0.15, 0.2) is 35.5 Å². The number of urea groups is 1. The normalized spacial score (nSPS) is 19.2. The van der Waals surface area contributed by atoms with Crippen LogP contribution in [-0.2, 0) is 14.3 Å². The average Bonchev–Trinajstić information content (AvgIpc) is 3.29. The molecule has 1 atom stereocenters. The summed E-state index contributed by atoms with van der Waals surface area (Å²) in [5, 5.41) is 5.92. The Morgan fingerprint density at radius 1 is 1.22 bits per heavy atom. The fourth-order valence-electron chi connectivity index (χ4n) is 4.65. The molecule has 2 aliphatic rings. The Morgan fingerprint density at radius 2 is 1.97 bits per heavy atom. The van der Waals surface area contributed by atoms with Crippen molar-refractivity contribution >= 4 is 23.6 Å². The lowest BCUT2D eigenvalue weighted by atomic mass is 9.94. The number of anilines is 1. The fraction of sp³-hybridized carbons (Fsp3) is 0.560. The summed E-state index contributed by atoms with van der Waals surface area (Å²) >= 11 is 0. The largest absolute Gasteiger partial charge is 0.463 e. The first-order valence-electron chi connectivity index (χ1n) is 11.8. The summed E-state index contributed by atoms with van der Waals surface area (Å²) in [6.45, 7) is 6.29. The molecule has 32 heavy (non-hydrogen) atoms. The van der Waals surface area contributed by atoms with Crippen LogP contribution in [0.1, 0.15) is 77.3 Å². The van der Waals surface area contributed by atoms with E-state index in [4.69, 9.17) is 4.74 Å². The standard InChI is InChI=1S/C25H35N3O4/c1-4-15-28-17(3)22(24(30)32-5-2)23(27-25(28)31)19-11-8-12-20(16-19)26-21(29)14-13-18-9-6-7-10-18/h8,11-12,16,18,23H,4-7,9-10,13-15H2,1-3H3,(H,26,29)(H,27,31). The van der Waals surface area contributed by atoms with E-state index in [1.807, 2.05) is 31.2 Å². The molecule has 3 rings (SSSR count). The monoisotopic (exact) mass is 441 g/mol. The van der Waals surface area contributed by atoms with E-state index in [9.17, 15) is 14.4 Å². The first-order valence-corrected chi connectivity index (χ1v) is 11.8. The first kappa shape index (κ1) is 23.8. The smallest absolute Gasteiger partial charge is 0.338 e. The Kier molecular flexibility index (Phi) is 8.31. The van der Waals surface area contributed by atoms with Gasteiger partial charge in [-0.05, 0) is 50.3 Å². The van der Waals surface area contributed by atoms with Gasteiger partial charge in [0, 0.05) is 24.4 Å². The maximum absolute atomic E-state index is 12.8. The van der Waals surface area contributed by atoms with Crippen LogP contribution in [0, 0.1) is 5.92 Å². The molecule has 0 spiro atoms. The molecule has 0 aromatic heterocycles. The van der Waals surface area contributed by atoms with E-state index in [0.29, 0.717) is 35.8 Å². The second kappa shape index (κ2) is 11.2. The van der Waals surface area contributed by atoms with Crippen LogP contribution in [0.3, 0.4) is 0 Å². The molecule has 7 heteroatoms. The van der Waals surface area contributed by atoms with Crippen molar-refractivity contribution in [3.8, 4) is 0 Å².